The summed E-state index contributed by atoms with van der Waals surface area (Å²) >= 11 is 1.44. The van der Waals surface area contributed by atoms with Crippen molar-refractivity contribution in [3.63, 3.8) is 0 Å². The summed E-state index contributed by atoms with van der Waals surface area (Å²) in [6.45, 7) is 2.03. The van der Waals surface area contributed by atoms with Gasteiger partial charge in [-0.2, -0.15) is 0 Å². The fourth-order valence-corrected chi connectivity index (χ4v) is 2.53. The van der Waals surface area contributed by atoms with Crippen LogP contribution in [-0.2, 0) is 5.75 Å². The van der Waals surface area contributed by atoms with Crippen molar-refractivity contribution >= 4 is 11.8 Å². The first-order chi connectivity index (χ1) is 10.2. The summed E-state index contributed by atoms with van der Waals surface area (Å²) in [7, 11) is 0. The molecule has 0 aliphatic carbocycles. The van der Waals surface area contributed by atoms with E-state index in [9.17, 15) is 4.39 Å². The van der Waals surface area contributed by atoms with Gasteiger partial charge in [0.25, 0.3) is 5.22 Å². The van der Waals surface area contributed by atoms with E-state index in [2.05, 4.69) is 10.2 Å². The molecule has 0 radical (unpaired) electrons. The van der Waals surface area contributed by atoms with Crippen molar-refractivity contribution in [2.75, 3.05) is 0 Å². The van der Waals surface area contributed by atoms with Gasteiger partial charge >= 0.3 is 0 Å². The molecular weight excluding hydrogens is 287 g/mol. The highest BCUT2D eigenvalue weighted by molar-refractivity contribution is 7.98. The molecule has 0 fully saturated rings. The Balaban J connectivity index is 1.67. The highest BCUT2D eigenvalue weighted by Gasteiger charge is 2.09. The van der Waals surface area contributed by atoms with Crippen LogP contribution in [0.4, 0.5) is 4.39 Å². The Bertz CT molecular complexity index is 723. The molecule has 3 aromatic rings. The number of hydrogen-bond donors (Lipinski definition) is 0. The van der Waals surface area contributed by atoms with E-state index in [-0.39, 0.29) is 5.82 Å². The van der Waals surface area contributed by atoms with Gasteiger partial charge in [-0.05, 0) is 36.8 Å². The molecule has 0 unspecified atom stereocenters. The number of aromatic nitrogens is 2. The highest BCUT2D eigenvalue weighted by atomic mass is 32.2. The Hall–Kier alpha value is -2.14. The number of aryl methyl sites for hydroxylation is 1. The Kier molecular flexibility index (Phi) is 4.01. The third-order valence-electron chi connectivity index (χ3n) is 2.98. The van der Waals surface area contributed by atoms with Crippen LogP contribution in [-0.4, -0.2) is 10.2 Å². The minimum atomic E-state index is -0.233. The fourth-order valence-electron chi connectivity index (χ4n) is 1.81. The van der Waals surface area contributed by atoms with E-state index < -0.39 is 0 Å². The average molecular weight is 300 g/mol. The van der Waals surface area contributed by atoms with Crippen LogP contribution < -0.4 is 0 Å². The van der Waals surface area contributed by atoms with E-state index in [0.717, 1.165) is 11.1 Å². The first kappa shape index (κ1) is 13.8. The van der Waals surface area contributed by atoms with E-state index in [0.29, 0.717) is 16.9 Å². The van der Waals surface area contributed by atoms with Crippen LogP contribution >= 0.6 is 11.8 Å². The first-order valence-corrected chi connectivity index (χ1v) is 7.47. The molecule has 3 rings (SSSR count). The maximum Gasteiger partial charge on any atom is 0.277 e. The third-order valence-corrected chi connectivity index (χ3v) is 3.87. The third kappa shape index (κ3) is 3.49. The van der Waals surface area contributed by atoms with Crippen LogP contribution in [0.5, 0.6) is 0 Å². The molecule has 0 bridgehead atoms. The van der Waals surface area contributed by atoms with Gasteiger partial charge in [-0.15, -0.1) is 10.2 Å². The molecule has 21 heavy (non-hydrogen) atoms. The molecule has 2 aromatic carbocycles. The average Bonchev–Trinajstić information content (AvgIpc) is 2.96. The van der Waals surface area contributed by atoms with E-state index in [1.54, 1.807) is 12.1 Å². The molecule has 3 nitrogen and oxygen atoms in total. The Morgan fingerprint density at radius 2 is 1.71 bits per heavy atom. The van der Waals surface area contributed by atoms with Crippen molar-refractivity contribution in [1.82, 2.24) is 10.2 Å². The minimum absolute atomic E-state index is 0.233. The molecular formula is C16H13FN2OS. The lowest BCUT2D eigenvalue weighted by Gasteiger charge is -1.98. The van der Waals surface area contributed by atoms with Crippen LogP contribution in [0.3, 0.4) is 0 Å². The number of halogens is 1. The second kappa shape index (κ2) is 6.10. The lowest BCUT2D eigenvalue weighted by molar-refractivity contribution is 0.466. The summed E-state index contributed by atoms with van der Waals surface area (Å²) in [5, 5.41) is 8.57. The van der Waals surface area contributed by atoms with E-state index in [4.69, 9.17) is 4.42 Å². The molecule has 0 aliphatic rings. The molecule has 0 spiro atoms. The van der Waals surface area contributed by atoms with E-state index >= 15 is 0 Å². The maximum atomic E-state index is 12.8. The summed E-state index contributed by atoms with van der Waals surface area (Å²) in [5.74, 6) is 0.940. The highest BCUT2D eigenvalue weighted by Crippen LogP contribution is 2.25. The summed E-state index contributed by atoms with van der Waals surface area (Å²) < 4.78 is 18.4. The zero-order chi connectivity index (χ0) is 14.7. The number of rotatable bonds is 4. The molecule has 0 saturated heterocycles. The number of hydrogen-bond acceptors (Lipinski definition) is 4. The Labute approximate surface area is 126 Å². The largest absolute Gasteiger partial charge is 0.411 e. The molecule has 106 valence electrons. The number of nitrogens with zero attached hydrogens (tertiary/aromatic N) is 2. The SMILES string of the molecule is Cc1ccc(-c2nnc(SCc3ccc(F)cc3)o2)cc1. The molecule has 1 heterocycles. The van der Waals surface area contributed by atoms with Gasteiger partial charge in [0, 0.05) is 11.3 Å². The molecule has 1 aromatic heterocycles. The van der Waals surface area contributed by atoms with Gasteiger partial charge in [0.1, 0.15) is 5.82 Å². The summed E-state index contributed by atoms with van der Waals surface area (Å²) in [5.41, 5.74) is 3.10. The predicted molar refractivity (Wildman–Crippen MR) is 80.4 cm³/mol. The monoisotopic (exact) mass is 300 g/mol. The second-order valence-corrected chi connectivity index (χ2v) is 5.58. The van der Waals surface area contributed by atoms with Gasteiger partial charge in [-0.3, -0.25) is 0 Å². The fraction of sp³-hybridized carbons (Fsp3) is 0.125. The Morgan fingerprint density at radius 3 is 2.43 bits per heavy atom. The van der Waals surface area contributed by atoms with Crippen molar-refractivity contribution in [3.8, 4) is 11.5 Å². The molecule has 0 amide bonds. The molecule has 0 N–H and O–H groups in total. The smallest absolute Gasteiger partial charge is 0.277 e. The van der Waals surface area contributed by atoms with Gasteiger partial charge in [0.05, 0.1) is 0 Å². The summed E-state index contributed by atoms with van der Waals surface area (Å²) in [6.07, 6.45) is 0. The quantitative estimate of drug-likeness (QED) is 0.666. The minimum Gasteiger partial charge on any atom is -0.411 e. The normalized spacial score (nSPS) is 10.8. The van der Waals surface area contributed by atoms with Crippen LogP contribution in [0.2, 0.25) is 0 Å². The van der Waals surface area contributed by atoms with E-state index in [1.807, 2.05) is 31.2 Å². The topological polar surface area (TPSA) is 38.9 Å². The van der Waals surface area contributed by atoms with Crippen molar-refractivity contribution < 1.29 is 8.81 Å². The zero-order valence-electron chi connectivity index (χ0n) is 11.4. The molecule has 5 heteroatoms. The summed E-state index contributed by atoms with van der Waals surface area (Å²) in [6, 6.07) is 14.3. The maximum absolute atomic E-state index is 12.8. The van der Waals surface area contributed by atoms with Gasteiger partial charge in [-0.25, -0.2) is 4.39 Å². The summed E-state index contributed by atoms with van der Waals surface area (Å²) in [4.78, 5) is 0. The lowest BCUT2D eigenvalue weighted by atomic mass is 10.1. The van der Waals surface area contributed by atoms with Crippen molar-refractivity contribution in [3.05, 3.63) is 65.5 Å². The van der Waals surface area contributed by atoms with Gasteiger partial charge in [0.2, 0.25) is 5.89 Å². The van der Waals surface area contributed by atoms with Crippen molar-refractivity contribution in [2.45, 2.75) is 17.9 Å². The Morgan fingerprint density at radius 1 is 1.00 bits per heavy atom. The predicted octanol–water partition coefficient (Wildman–Crippen LogP) is 4.48. The van der Waals surface area contributed by atoms with Crippen LogP contribution in [0.1, 0.15) is 11.1 Å². The zero-order valence-corrected chi connectivity index (χ0v) is 12.2. The molecule has 0 aliphatic heterocycles. The first-order valence-electron chi connectivity index (χ1n) is 6.48. The van der Waals surface area contributed by atoms with Crippen LogP contribution in [0, 0.1) is 12.7 Å². The van der Waals surface area contributed by atoms with Gasteiger partial charge < -0.3 is 4.42 Å². The number of benzene rings is 2. The molecule has 0 saturated carbocycles. The van der Waals surface area contributed by atoms with E-state index in [1.165, 1.54) is 29.5 Å². The molecule has 0 atom stereocenters. The standard InChI is InChI=1S/C16H13FN2OS/c1-11-2-6-13(7-3-11)15-18-19-16(20-15)21-10-12-4-8-14(17)9-5-12/h2-9H,10H2,1H3. The van der Waals surface area contributed by atoms with Crippen molar-refractivity contribution in [1.29, 1.82) is 0 Å². The second-order valence-electron chi connectivity index (χ2n) is 4.65. The van der Waals surface area contributed by atoms with Crippen LogP contribution in [0.25, 0.3) is 11.5 Å². The lowest BCUT2D eigenvalue weighted by Crippen LogP contribution is -1.81. The number of thioether (sulfide) groups is 1. The van der Waals surface area contributed by atoms with Crippen molar-refractivity contribution in [2.24, 2.45) is 0 Å². The van der Waals surface area contributed by atoms with Crippen LogP contribution in [0.15, 0.2) is 58.2 Å². The van der Waals surface area contributed by atoms with Gasteiger partial charge in [-0.1, -0.05) is 41.6 Å². The van der Waals surface area contributed by atoms with Gasteiger partial charge in [0.15, 0.2) is 0 Å².